The zero-order valence-electron chi connectivity index (χ0n) is 11.1. The van der Waals surface area contributed by atoms with Crippen LogP contribution in [0.2, 0.25) is 0 Å². The van der Waals surface area contributed by atoms with Gasteiger partial charge in [-0.3, -0.25) is 4.79 Å². The molecule has 5 nitrogen and oxygen atoms in total. The molecule has 0 heterocycles. The number of benzene rings is 1. The molecule has 2 atom stereocenters. The molecule has 104 valence electrons. The molecule has 5 heteroatoms. The van der Waals surface area contributed by atoms with Crippen LogP contribution in [0.1, 0.15) is 25.8 Å². The highest BCUT2D eigenvalue weighted by atomic mass is 16.4. The number of carbonyl (C=O) groups is 2. The average Bonchev–Trinajstić information content (AvgIpc) is 2.39. The summed E-state index contributed by atoms with van der Waals surface area (Å²) in [4.78, 5) is 22.9. The van der Waals surface area contributed by atoms with Gasteiger partial charge in [0.2, 0.25) is 5.91 Å². The van der Waals surface area contributed by atoms with Crippen molar-refractivity contribution in [2.24, 2.45) is 5.92 Å². The molecule has 0 spiro atoms. The second kappa shape index (κ2) is 6.78. The van der Waals surface area contributed by atoms with E-state index < -0.39 is 12.0 Å². The Bertz CT molecular complexity index is 441. The number of amides is 1. The van der Waals surface area contributed by atoms with Crippen LogP contribution in [0.25, 0.3) is 0 Å². The lowest BCUT2D eigenvalue weighted by molar-refractivity contribution is -0.142. The number of aliphatic carboxylic acids is 1. The maximum atomic E-state index is 11.7. The van der Waals surface area contributed by atoms with Crippen molar-refractivity contribution >= 4 is 11.9 Å². The van der Waals surface area contributed by atoms with Gasteiger partial charge < -0.3 is 15.5 Å². The lowest BCUT2D eigenvalue weighted by Gasteiger charge is -2.17. The van der Waals surface area contributed by atoms with Crippen molar-refractivity contribution in [2.45, 2.75) is 32.7 Å². The fourth-order valence-electron chi connectivity index (χ4n) is 1.57. The standard InChI is InChI=1S/C14H19NO4/c1-3-9(2)13(17)15-12(14(18)19)8-10-4-6-11(16)7-5-10/h4-7,9,12,16H,3,8H2,1-2H3,(H,15,17)(H,18,19)/t9?,12-/m0/s1. The van der Waals surface area contributed by atoms with Crippen molar-refractivity contribution in [1.82, 2.24) is 5.32 Å². The summed E-state index contributed by atoms with van der Waals surface area (Å²) in [5, 5.41) is 20.8. The third-order valence-corrected chi connectivity index (χ3v) is 3.05. The van der Waals surface area contributed by atoms with E-state index in [2.05, 4.69) is 5.32 Å². The number of nitrogens with one attached hydrogen (secondary N) is 1. The molecule has 1 aromatic rings. The van der Waals surface area contributed by atoms with Gasteiger partial charge in [-0.05, 0) is 24.1 Å². The fraction of sp³-hybridized carbons (Fsp3) is 0.429. The highest BCUT2D eigenvalue weighted by Crippen LogP contribution is 2.12. The summed E-state index contributed by atoms with van der Waals surface area (Å²) in [7, 11) is 0. The van der Waals surface area contributed by atoms with E-state index in [1.54, 1.807) is 19.1 Å². The van der Waals surface area contributed by atoms with E-state index in [9.17, 15) is 9.59 Å². The van der Waals surface area contributed by atoms with Crippen LogP contribution in [0, 0.1) is 5.92 Å². The van der Waals surface area contributed by atoms with Crippen LogP contribution in [-0.4, -0.2) is 28.1 Å². The molecule has 0 aliphatic heterocycles. The largest absolute Gasteiger partial charge is 0.508 e. The molecular formula is C14H19NO4. The highest BCUT2D eigenvalue weighted by Gasteiger charge is 2.22. The molecule has 0 fully saturated rings. The van der Waals surface area contributed by atoms with E-state index in [0.717, 1.165) is 5.56 Å². The predicted molar refractivity (Wildman–Crippen MR) is 70.8 cm³/mol. The number of carbonyl (C=O) groups excluding carboxylic acids is 1. The van der Waals surface area contributed by atoms with Gasteiger partial charge in [-0.15, -0.1) is 0 Å². The minimum Gasteiger partial charge on any atom is -0.508 e. The van der Waals surface area contributed by atoms with E-state index in [1.807, 2.05) is 6.92 Å². The molecule has 0 aliphatic carbocycles. The Morgan fingerprint density at radius 2 is 1.84 bits per heavy atom. The van der Waals surface area contributed by atoms with Crippen LogP contribution in [0.5, 0.6) is 5.75 Å². The average molecular weight is 265 g/mol. The predicted octanol–water partition coefficient (Wildman–Crippen LogP) is 1.55. The number of aromatic hydroxyl groups is 1. The third kappa shape index (κ3) is 4.62. The summed E-state index contributed by atoms with van der Waals surface area (Å²) in [6, 6.07) is 5.31. The first kappa shape index (κ1) is 15.0. The summed E-state index contributed by atoms with van der Waals surface area (Å²) in [5.74, 6) is -1.40. The van der Waals surface area contributed by atoms with Gasteiger partial charge in [0.15, 0.2) is 0 Å². The molecule has 1 rings (SSSR count). The van der Waals surface area contributed by atoms with Gasteiger partial charge >= 0.3 is 5.97 Å². The van der Waals surface area contributed by atoms with Crippen molar-refractivity contribution in [3.63, 3.8) is 0 Å². The van der Waals surface area contributed by atoms with E-state index >= 15 is 0 Å². The van der Waals surface area contributed by atoms with E-state index in [4.69, 9.17) is 10.2 Å². The molecule has 0 saturated heterocycles. The molecule has 0 aromatic heterocycles. The highest BCUT2D eigenvalue weighted by molar-refractivity contribution is 5.84. The smallest absolute Gasteiger partial charge is 0.326 e. The summed E-state index contributed by atoms with van der Waals surface area (Å²) in [6.07, 6.45) is 0.856. The van der Waals surface area contributed by atoms with Crippen LogP contribution >= 0.6 is 0 Å². The van der Waals surface area contributed by atoms with Crippen LogP contribution in [-0.2, 0) is 16.0 Å². The van der Waals surface area contributed by atoms with E-state index in [-0.39, 0.29) is 24.0 Å². The molecule has 0 radical (unpaired) electrons. The minimum atomic E-state index is -1.07. The van der Waals surface area contributed by atoms with E-state index in [1.165, 1.54) is 12.1 Å². The van der Waals surface area contributed by atoms with Gasteiger partial charge in [-0.2, -0.15) is 0 Å². The van der Waals surface area contributed by atoms with Gasteiger partial charge in [0.1, 0.15) is 11.8 Å². The van der Waals surface area contributed by atoms with Crippen molar-refractivity contribution < 1.29 is 19.8 Å². The van der Waals surface area contributed by atoms with Gasteiger partial charge in [-0.1, -0.05) is 26.0 Å². The second-order valence-corrected chi connectivity index (χ2v) is 4.58. The SMILES string of the molecule is CCC(C)C(=O)N[C@@H](Cc1ccc(O)cc1)C(=O)O. The van der Waals surface area contributed by atoms with Crippen molar-refractivity contribution in [3.8, 4) is 5.75 Å². The van der Waals surface area contributed by atoms with Crippen molar-refractivity contribution in [2.75, 3.05) is 0 Å². The maximum absolute atomic E-state index is 11.7. The van der Waals surface area contributed by atoms with Gasteiger partial charge in [-0.25, -0.2) is 4.79 Å². The molecule has 0 saturated carbocycles. The number of hydrogen-bond donors (Lipinski definition) is 3. The second-order valence-electron chi connectivity index (χ2n) is 4.58. The zero-order valence-corrected chi connectivity index (χ0v) is 11.1. The lowest BCUT2D eigenvalue weighted by Crippen LogP contribution is -2.44. The monoisotopic (exact) mass is 265 g/mol. The number of phenolic OH excluding ortho intramolecular Hbond substituents is 1. The Balaban J connectivity index is 2.71. The molecule has 1 aromatic carbocycles. The number of phenols is 1. The van der Waals surface area contributed by atoms with E-state index in [0.29, 0.717) is 6.42 Å². The Labute approximate surface area is 112 Å². The Morgan fingerprint density at radius 1 is 1.26 bits per heavy atom. The number of carboxylic acid groups (broad SMARTS) is 1. The van der Waals surface area contributed by atoms with Gasteiger partial charge in [0, 0.05) is 12.3 Å². The van der Waals surface area contributed by atoms with Crippen LogP contribution < -0.4 is 5.32 Å². The molecule has 1 amide bonds. The van der Waals surface area contributed by atoms with Crippen LogP contribution in [0.3, 0.4) is 0 Å². The first-order valence-electron chi connectivity index (χ1n) is 6.25. The zero-order chi connectivity index (χ0) is 14.4. The van der Waals surface area contributed by atoms with Crippen molar-refractivity contribution in [3.05, 3.63) is 29.8 Å². The summed E-state index contributed by atoms with van der Waals surface area (Å²) in [6.45, 7) is 3.63. The van der Waals surface area contributed by atoms with Gasteiger partial charge in [0.25, 0.3) is 0 Å². The first-order valence-corrected chi connectivity index (χ1v) is 6.25. The number of carboxylic acids is 1. The molecule has 0 aliphatic rings. The maximum Gasteiger partial charge on any atom is 0.326 e. The van der Waals surface area contributed by atoms with Crippen LogP contribution in [0.15, 0.2) is 24.3 Å². The minimum absolute atomic E-state index is 0.124. The normalized spacial score (nSPS) is 13.6. The molecule has 0 bridgehead atoms. The fourth-order valence-corrected chi connectivity index (χ4v) is 1.57. The number of hydrogen-bond acceptors (Lipinski definition) is 3. The summed E-state index contributed by atoms with van der Waals surface area (Å²) < 4.78 is 0. The Kier molecular flexibility index (Phi) is 5.36. The van der Waals surface area contributed by atoms with Gasteiger partial charge in [0.05, 0.1) is 0 Å². The third-order valence-electron chi connectivity index (χ3n) is 3.05. The lowest BCUT2D eigenvalue weighted by atomic mass is 10.0. The quantitative estimate of drug-likeness (QED) is 0.728. The summed E-state index contributed by atoms with van der Waals surface area (Å²) in [5.41, 5.74) is 0.745. The Hall–Kier alpha value is -2.04. The summed E-state index contributed by atoms with van der Waals surface area (Å²) >= 11 is 0. The topological polar surface area (TPSA) is 86.6 Å². The molecule has 3 N–H and O–H groups in total. The van der Waals surface area contributed by atoms with Crippen molar-refractivity contribution in [1.29, 1.82) is 0 Å². The Morgan fingerprint density at radius 3 is 2.32 bits per heavy atom. The number of rotatable bonds is 6. The molecular weight excluding hydrogens is 246 g/mol. The molecule has 19 heavy (non-hydrogen) atoms. The van der Waals surface area contributed by atoms with Crippen LogP contribution in [0.4, 0.5) is 0 Å². The molecule has 1 unspecified atom stereocenters. The first-order chi connectivity index (χ1) is 8.93.